The van der Waals surface area contributed by atoms with E-state index in [-0.39, 0.29) is 5.56 Å². The number of nitrogens with zero attached hydrogens (tertiary/aromatic N) is 3. The van der Waals surface area contributed by atoms with E-state index in [4.69, 9.17) is 5.73 Å². The number of hydrogen-bond donors (Lipinski definition) is 2. The number of carbonyl (C=O) groups is 1. The van der Waals surface area contributed by atoms with Crippen LogP contribution < -0.4 is 5.73 Å². The van der Waals surface area contributed by atoms with Crippen LogP contribution in [-0.4, -0.2) is 25.8 Å². The number of aromatic carboxylic acids is 1. The van der Waals surface area contributed by atoms with Crippen LogP contribution in [0.25, 0.3) is 5.82 Å². The minimum Gasteiger partial charge on any atom is -0.478 e. The third kappa shape index (κ3) is 2.42. The number of nitrogens with two attached hydrogens (primary N) is 1. The second-order valence-electron chi connectivity index (χ2n) is 4.19. The molecule has 0 spiro atoms. The Labute approximate surface area is 110 Å². The summed E-state index contributed by atoms with van der Waals surface area (Å²) in [6, 6.07) is 3.36. The maximum atomic E-state index is 11.3. The van der Waals surface area contributed by atoms with Crippen molar-refractivity contribution in [2.24, 2.45) is 0 Å². The van der Waals surface area contributed by atoms with Crippen molar-refractivity contribution in [1.29, 1.82) is 0 Å². The normalized spacial score (nSPS) is 10.6. The van der Waals surface area contributed by atoms with E-state index in [1.165, 1.54) is 12.3 Å². The van der Waals surface area contributed by atoms with Crippen LogP contribution in [0.4, 0.5) is 5.69 Å². The first-order valence-electron chi connectivity index (χ1n) is 6.13. The first-order valence-corrected chi connectivity index (χ1v) is 6.13. The second kappa shape index (κ2) is 5.09. The van der Waals surface area contributed by atoms with Gasteiger partial charge in [-0.05, 0) is 25.0 Å². The Morgan fingerprint density at radius 2 is 2.11 bits per heavy atom. The maximum Gasteiger partial charge on any atom is 0.339 e. The van der Waals surface area contributed by atoms with Crippen LogP contribution >= 0.6 is 0 Å². The minimum absolute atomic E-state index is 0.0560. The van der Waals surface area contributed by atoms with E-state index in [9.17, 15) is 9.90 Å². The Morgan fingerprint density at radius 1 is 1.37 bits per heavy atom. The van der Waals surface area contributed by atoms with Crippen LogP contribution in [-0.2, 0) is 12.8 Å². The van der Waals surface area contributed by atoms with Crippen molar-refractivity contribution in [1.82, 2.24) is 14.8 Å². The van der Waals surface area contributed by atoms with E-state index in [0.717, 1.165) is 24.2 Å². The smallest absolute Gasteiger partial charge is 0.339 e. The zero-order valence-electron chi connectivity index (χ0n) is 10.9. The first-order chi connectivity index (χ1) is 9.06. The number of rotatable bonds is 4. The van der Waals surface area contributed by atoms with Gasteiger partial charge in [0, 0.05) is 5.69 Å². The molecule has 0 atom stereocenters. The molecule has 0 saturated carbocycles. The largest absolute Gasteiger partial charge is 0.478 e. The van der Waals surface area contributed by atoms with Crippen LogP contribution in [0, 0.1) is 0 Å². The monoisotopic (exact) mass is 260 g/mol. The number of pyridine rings is 1. The summed E-state index contributed by atoms with van der Waals surface area (Å²) in [6.07, 6.45) is 2.98. The average Bonchev–Trinajstić information content (AvgIpc) is 2.81. The fourth-order valence-electron chi connectivity index (χ4n) is 1.88. The van der Waals surface area contributed by atoms with E-state index < -0.39 is 5.97 Å². The van der Waals surface area contributed by atoms with Crippen LogP contribution in [0.5, 0.6) is 0 Å². The maximum absolute atomic E-state index is 11.3. The summed E-state index contributed by atoms with van der Waals surface area (Å²) in [5.74, 6) is -0.761. The Kier molecular flexibility index (Phi) is 3.50. The minimum atomic E-state index is -1.06. The summed E-state index contributed by atoms with van der Waals surface area (Å²) in [7, 11) is 0. The molecule has 0 amide bonds. The van der Waals surface area contributed by atoms with Gasteiger partial charge in [-0.3, -0.25) is 0 Å². The fourth-order valence-corrected chi connectivity index (χ4v) is 1.88. The van der Waals surface area contributed by atoms with Crippen LogP contribution in [0.3, 0.4) is 0 Å². The molecule has 6 heteroatoms. The summed E-state index contributed by atoms with van der Waals surface area (Å²) in [5.41, 5.74) is 7.80. The molecular formula is C13H16N4O2. The lowest BCUT2D eigenvalue weighted by atomic mass is 10.2. The third-order valence-electron chi connectivity index (χ3n) is 2.88. The van der Waals surface area contributed by atoms with Crippen molar-refractivity contribution in [3.8, 4) is 5.82 Å². The van der Waals surface area contributed by atoms with E-state index in [2.05, 4.69) is 10.1 Å². The van der Waals surface area contributed by atoms with Crippen molar-refractivity contribution in [3.05, 3.63) is 35.3 Å². The molecule has 100 valence electrons. The zero-order chi connectivity index (χ0) is 14.0. The number of anilines is 1. The summed E-state index contributed by atoms with van der Waals surface area (Å²) in [5, 5.41) is 13.6. The average molecular weight is 260 g/mol. The lowest BCUT2D eigenvalue weighted by molar-refractivity contribution is 0.0696. The van der Waals surface area contributed by atoms with Gasteiger partial charge in [0.15, 0.2) is 5.82 Å². The molecule has 2 rings (SSSR count). The van der Waals surface area contributed by atoms with Crippen LogP contribution in [0.2, 0.25) is 0 Å². The summed E-state index contributed by atoms with van der Waals surface area (Å²) >= 11 is 0. The molecule has 2 aromatic heterocycles. The molecule has 19 heavy (non-hydrogen) atoms. The SMILES string of the molecule is CCc1cc(CC)n(-c2ncc(N)cc2C(=O)O)n1. The van der Waals surface area contributed by atoms with Gasteiger partial charge in [-0.1, -0.05) is 13.8 Å². The molecule has 0 unspecified atom stereocenters. The second-order valence-corrected chi connectivity index (χ2v) is 4.19. The summed E-state index contributed by atoms with van der Waals surface area (Å²) in [6.45, 7) is 3.99. The van der Waals surface area contributed by atoms with Crippen molar-refractivity contribution in [2.75, 3.05) is 5.73 Å². The van der Waals surface area contributed by atoms with Crippen molar-refractivity contribution in [3.63, 3.8) is 0 Å². The molecule has 0 fully saturated rings. The van der Waals surface area contributed by atoms with Crippen molar-refractivity contribution < 1.29 is 9.90 Å². The molecule has 0 aliphatic heterocycles. The van der Waals surface area contributed by atoms with Gasteiger partial charge in [0.2, 0.25) is 0 Å². The Morgan fingerprint density at radius 3 is 2.68 bits per heavy atom. The Bertz CT molecular complexity index is 619. The van der Waals surface area contributed by atoms with Crippen LogP contribution in [0.15, 0.2) is 18.3 Å². The van der Waals surface area contributed by atoms with Gasteiger partial charge in [0.25, 0.3) is 0 Å². The molecule has 2 heterocycles. The number of aryl methyl sites for hydroxylation is 2. The lowest BCUT2D eigenvalue weighted by Gasteiger charge is -2.08. The van der Waals surface area contributed by atoms with Gasteiger partial charge in [-0.15, -0.1) is 0 Å². The highest BCUT2D eigenvalue weighted by Gasteiger charge is 2.17. The summed E-state index contributed by atoms with van der Waals surface area (Å²) in [4.78, 5) is 15.4. The van der Waals surface area contributed by atoms with E-state index in [0.29, 0.717) is 11.5 Å². The summed E-state index contributed by atoms with van der Waals surface area (Å²) < 4.78 is 1.59. The highest BCUT2D eigenvalue weighted by Crippen LogP contribution is 2.18. The highest BCUT2D eigenvalue weighted by molar-refractivity contribution is 5.92. The molecule has 0 saturated heterocycles. The van der Waals surface area contributed by atoms with Gasteiger partial charge in [-0.2, -0.15) is 5.10 Å². The standard InChI is InChI=1S/C13H16N4O2/c1-3-9-6-10(4-2)17(16-9)12-11(13(18)19)5-8(14)7-15-12/h5-7H,3-4,14H2,1-2H3,(H,18,19). The van der Waals surface area contributed by atoms with E-state index in [1.54, 1.807) is 4.68 Å². The fraction of sp³-hybridized carbons (Fsp3) is 0.308. The zero-order valence-corrected chi connectivity index (χ0v) is 10.9. The van der Waals surface area contributed by atoms with Crippen molar-refractivity contribution >= 4 is 11.7 Å². The van der Waals surface area contributed by atoms with Gasteiger partial charge in [0.05, 0.1) is 17.6 Å². The van der Waals surface area contributed by atoms with Gasteiger partial charge in [0.1, 0.15) is 5.56 Å². The van der Waals surface area contributed by atoms with Gasteiger partial charge in [-0.25, -0.2) is 14.5 Å². The molecule has 6 nitrogen and oxygen atoms in total. The van der Waals surface area contributed by atoms with E-state index in [1.807, 2.05) is 19.9 Å². The van der Waals surface area contributed by atoms with E-state index >= 15 is 0 Å². The Hall–Kier alpha value is -2.37. The number of nitrogen functional groups attached to an aromatic ring is 1. The van der Waals surface area contributed by atoms with Gasteiger partial charge < -0.3 is 10.8 Å². The molecule has 0 radical (unpaired) electrons. The lowest BCUT2D eigenvalue weighted by Crippen LogP contribution is -2.12. The predicted molar refractivity (Wildman–Crippen MR) is 71.5 cm³/mol. The Balaban J connectivity index is 2.64. The molecule has 0 bridgehead atoms. The third-order valence-corrected chi connectivity index (χ3v) is 2.88. The molecule has 2 aromatic rings. The number of carboxylic acids is 1. The molecule has 0 aromatic carbocycles. The van der Waals surface area contributed by atoms with Crippen LogP contribution in [0.1, 0.15) is 35.6 Å². The number of aromatic nitrogens is 3. The number of carboxylic acid groups (broad SMARTS) is 1. The molecule has 0 aliphatic rings. The topological polar surface area (TPSA) is 94.0 Å². The first kappa shape index (κ1) is 13.1. The number of hydrogen-bond acceptors (Lipinski definition) is 4. The molecule has 0 aliphatic carbocycles. The quantitative estimate of drug-likeness (QED) is 0.872. The predicted octanol–water partition coefficient (Wildman–Crippen LogP) is 1.67. The van der Waals surface area contributed by atoms with Gasteiger partial charge >= 0.3 is 5.97 Å². The highest BCUT2D eigenvalue weighted by atomic mass is 16.4. The van der Waals surface area contributed by atoms with Crippen molar-refractivity contribution in [2.45, 2.75) is 26.7 Å². The molecular weight excluding hydrogens is 244 g/mol. The molecule has 3 N–H and O–H groups in total.